The quantitative estimate of drug-likeness (QED) is 0.727. The predicted molar refractivity (Wildman–Crippen MR) is 65.6 cm³/mol. The van der Waals surface area contributed by atoms with Gasteiger partial charge < -0.3 is 15.6 Å². The molecule has 0 aliphatic heterocycles. The molecule has 0 heterocycles. The number of rotatable bonds is 6. The van der Waals surface area contributed by atoms with Gasteiger partial charge in [-0.05, 0) is 32.8 Å². The smallest absolute Gasteiger partial charge is 0.124 e. The monoisotopic (exact) mass is 223 g/mol. The summed E-state index contributed by atoms with van der Waals surface area (Å²) in [6, 6.07) is 6.03. The number of nitrogens with two attached hydrogens (primary N) is 1. The Bertz CT molecular complexity index is 324. The van der Waals surface area contributed by atoms with E-state index >= 15 is 0 Å². The first-order chi connectivity index (χ1) is 7.65. The SMILES string of the molecule is Cc1ccc(OCCCCO)c(C(C)N)c1. The van der Waals surface area contributed by atoms with Crippen molar-refractivity contribution in [2.24, 2.45) is 5.73 Å². The molecule has 0 bridgehead atoms. The first-order valence-corrected chi connectivity index (χ1v) is 5.75. The minimum atomic E-state index is -0.0206. The summed E-state index contributed by atoms with van der Waals surface area (Å²) in [5.74, 6) is 0.860. The summed E-state index contributed by atoms with van der Waals surface area (Å²) in [5.41, 5.74) is 8.13. The lowest BCUT2D eigenvalue weighted by Crippen LogP contribution is -2.09. The lowest BCUT2D eigenvalue weighted by atomic mass is 10.1. The summed E-state index contributed by atoms with van der Waals surface area (Å²) in [7, 11) is 0. The molecule has 1 unspecified atom stereocenters. The van der Waals surface area contributed by atoms with Crippen LogP contribution in [0.15, 0.2) is 18.2 Å². The first-order valence-electron chi connectivity index (χ1n) is 5.75. The van der Waals surface area contributed by atoms with Crippen molar-refractivity contribution in [2.75, 3.05) is 13.2 Å². The molecular weight excluding hydrogens is 202 g/mol. The van der Waals surface area contributed by atoms with Crippen molar-refractivity contribution in [1.29, 1.82) is 0 Å². The van der Waals surface area contributed by atoms with E-state index in [-0.39, 0.29) is 12.6 Å². The van der Waals surface area contributed by atoms with E-state index in [1.807, 2.05) is 26.0 Å². The van der Waals surface area contributed by atoms with Crippen LogP contribution in [0, 0.1) is 6.92 Å². The van der Waals surface area contributed by atoms with Gasteiger partial charge in [0, 0.05) is 18.2 Å². The molecular formula is C13H21NO2. The number of benzene rings is 1. The highest BCUT2D eigenvalue weighted by Crippen LogP contribution is 2.25. The number of hydrogen-bond acceptors (Lipinski definition) is 3. The van der Waals surface area contributed by atoms with Crippen molar-refractivity contribution < 1.29 is 9.84 Å². The molecule has 1 aromatic rings. The largest absolute Gasteiger partial charge is 0.493 e. The Kier molecular flexibility index (Phi) is 5.29. The summed E-state index contributed by atoms with van der Waals surface area (Å²) >= 11 is 0. The Morgan fingerprint density at radius 2 is 2.12 bits per heavy atom. The number of aliphatic hydroxyl groups is 1. The fraction of sp³-hybridized carbons (Fsp3) is 0.538. The van der Waals surface area contributed by atoms with Crippen LogP contribution in [0.2, 0.25) is 0 Å². The van der Waals surface area contributed by atoms with Gasteiger partial charge in [0.1, 0.15) is 5.75 Å². The van der Waals surface area contributed by atoms with Crippen molar-refractivity contribution in [3.8, 4) is 5.75 Å². The van der Waals surface area contributed by atoms with Crippen LogP contribution in [0.3, 0.4) is 0 Å². The molecule has 0 radical (unpaired) electrons. The molecule has 0 amide bonds. The fourth-order valence-corrected chi connectivity index (χ4v) is 1.55. The molecule has 0 aromatic heterocycles. The zero-order valence-corrected chi connectivity index (χ0v) is 10.1. The van der Waals surface area contributed by atoms with Crippen LogP contribution in [0.1, 0.15) is 36.9 Å². The van der Waals surface area contributed by atoms with Crippen LogP contribution in [-0.4, -0.2) is 18.3 Å². The van der Waals surface area contributed by atoms with E-state index in [9.17, 15) is 0 Å². The summed E-state index contributed by atoms with van der Waals surface area (Å²) in [5, 5.41) is 8.67. The predicted octanol–water partition coefficient (Wildman–Crippen LogP) is 2.17. The summed E-state index contributed by atoms with van der Waals surface area (Å²) < 4.78 is 5.66. The van der Waals surface area contributed by atoms with Gasteiger partial charge in [-0.15, -0.1) is 0 Å². The molecule has 0 fully saturated rings. The van der Waals surface area contributed by atoms with Crippen LogP contribution in [-0.2, 0) is 0 Å². The number of aliphatic hydroxyl groups excluding tert-OH is 1. The highest BCUT2D eigenvalue weighted by atomic mass is 16.5. The van der Waals surface area contributed by atoms with Gasteiger partial charge >= 0.3 is 0 Å². The third-order valence-electron chi connectivity index (χ3n) is 2.47. The molecule has 3 N–H and O–H groups in total. The second-order valence-electron chi connectivity index (χ2n) is 4.11. The maximum absolute atomic E-state index is 8.67. The number of aryl methyl sites for hydroxylation is 1. The van der Waals surface area contributed by atoms with Crippen LogP contribution in [0.4, 0.5) is 0 Å². The average Bonchev–Trinajstić information content (AvgIpc) is 2.26. The molecule has 0 aliphatic rings. The van der Waals surface area contributed by atoms with Crippen molar-refractivity contribution in [3.63, 3.8) is 0 Å². The van der Waals surface area contributed by atoms with Crippen molar-refractivity contribution in [3.05, 3.63) is 29.3 Å². The summed E-state index contributed by atoms with van der Waals surface area (Å²) in [6.45, 7) is 4.84. The minimum absolute atomic E-state index is 0.0206. The molecule has 0 aliphatic carbocycles. The molecule has 1 rings (SSSR count). The van der Waals surface area contributed by atoms with Crippen LogP contribution >= 0.6 is 0 Å². The third-order valence-corrected chi connectivity index (χ3v) is 2.47. The highest BCUT2D eigenvalue weighted by Gasteiger charge is 2.07. The van der Waals surface area contributed by atoms with E-state index in [2.05, 4.69) is 6.07 Å². The Hall–Kier alpha value is -1.06. The number of ether oxygens (including phenoxy) is 1. The van der Waals surface area contributed by atoms with E-state index in [0.717, 1.165) is 24.2 Å². The van der Waals surface area contributed by atoms with Crippen molar-refractivity contribution in [1.82, 2.24) is 0 Å². The molecule has 0 saturated carbocycles. The second-order valence-corrected chi connectivity index (χ2v) is 4.11. The van der Waals surface area contributed by atoms with Crippen LogP contribution < -0.4 is 10.5 Å². The van der Waals surface area contributed by atoms with E-state index in [4.69, 9.17) is 15.6 Å². The van der Waals surface area contributed by atoms with Gasteiger partial charge in [0.25, 0.3) is 0 Å². The van der Waals surface area contributed by atoms with Gasteiger partial charge in [-0.1, -0.05) is 17.7 Å². The van der Waals surface area contributed by atoms with E-state index in [1.165, 1.54) is 5.56 Å². The standard InChI is InChI=1S/C13H21NO2/c1-10-5-6-13(12(9-10)11(2)14)16-8-4-3-7-15/h5-6,9,11,15H,3-4,7-8,14H2,1-2H3. The Morgan fingerprint density at radius 1 is 1.38 bits per heavy atom. The zero-order chi connectivity index (χ0) is 12.0. The topological polar surface area (TPSA) is 55.5 Å². The maximum Gasteiger partial charge on any atom is 0.124 e. The van der Waals surface area contributed by atoms with Crippen LogP contribution in [0.25, 0.3) is 0 Å². The molecule has 1 aromatic carbocycles. The van der Waals surface area contributed by atoms with Gasteiger partial charge in [-0.3, -0.25) is 0 Å². The minimum Gasteiger partial charge on any atom is -0.493 e. The first kappa shape index (κ1) is 13.0. The van der Waals surface area contributed by atoms with E-state index in [1.54, 1.807) is 0 Å². The van der Waals surface area contributed by atoms with E-state index < -0.39 is 0 Å². The summed E-state index contributed by atoms with van der Waals surface area (Å²) in [6.07, 6.45) is 1.64. The van der Waals surface area contributed by atoms with Crippen molar-refractivity contribution in [2.45, 2.75) is 32.7 Å². The maximum atomic E-state index is 8.67. The molecule has 3 heteroatoms. The molecule has 0 spiro atoms. The van der Waals surface area contributed by atoms with Gasteiger partial charge in [0.15, 0.2) is 0 Å². The van der Waals surface area contributed by atoms with Gasteiger partial charge in [-0.2, -0.15) is 0 Å². The molecule has 3 nitrogen and oxygen atoms in total. The van der Waals surface area contributed by atoms with Crippen LogP contribution in [0.5, 0.6) is 5.75 Å². The molecule has 0 saturated heterocycles. The lowest BCUT2D eigenvalue weighted by molar-refractivity contribution is 0.252. The second kappa shape index (κ2) is 6.51. The third kappa shape index (κ3) is 3.83. The normalized spacial score (nSPS) is 12.5. The molecule has 90 valence electrons. The fourth-order valence-electron chi connectivity index (χ4n) is 1.55. The summed E-state index contributed by atoms with van der Waals surface area (Å²) in [4.78, 5) is 0. The lowest BCUT2D eigenvalue weighted by Gasteiger charge is -2.14. The Balaban J connectivity index is 2.64. The zero-order valence-electron chi connectivity index (χ0n) is 10.1. The Labute approximate surface area is 97.2 Å². The average molecular weight is 223 g/mol. The molecule has 16 heavy (non-hydrogen) atoms. The van der Waals surface area contributed by atoms with Crippen molar-refractivity contribution >= 4 is 0 Å². The van der Waals surface area contributed by atoms with E-state index in [0.29, 0.717) is 6.61 Å². The number of unbranched alkanes of at least 4 members (excludes halogenated alkanes) is 1. The molecule has 1 atom stereocenters. The van der Waals surface area contributed by atoms with Gasteiger partial charge in [0.2, 0.25) is 0 Å². The van der Waals surface area contributed by atoms with Gasteiger partial charge in [0.05, 0.1) is 6.61 Å². The Morgan fingerprint density at radius 3 is 2.75 bits per heavy atom. The highest BCUT2D eigenvalue weighted by molar-refractivity contribution is 5.38. The van der Waals surface area contributed by atoms with Gasteiger partial charge in [-0.25, -0.2) is 0 Å². The number of hydrogen-bond donors (Lipinski definition) is 2.